The minimum atomic E-state index is -0.808. The van der Waals surface area contributed by atoms with Crippen molar-refractivity contribution in [1.82, 2.24) is 5.01 Å². The molecule has 158 valence electrons. The molecule has 6 heteroatoms. The maximum Gasteiger partial charge on any atom is 0.343 e. The lowest BCUT2D eigenvalue weighted by Crippen LogP contribution is -2.48. The van der Waals surface area contributed by atoms with Crippen LogP contribution in [0, 0.1) is 12.7 Å². The van der Waals surface area contributed by atoms with E-state index in [1.807, 2.05) is 61.5 Å². The lowest BCUT2D eigenvalue weighted by atomic mass is 9.84. The first-order chi connectivity index (χ1) is 15.0. The fourth-order valence-electron chi connectivity index (χ4n) is 3.87. The van der Waals surface area contributed by atoms with Crippen molar-refractivity contribution in [3.8, 4) is 0 Å². The summed E-state index contributed by atoms with van der Waals surface area (Å²) in [7, 11) is 1.62. The number of hydrogen-bond acceptors (Lipinski definition) is 3. The largest absolute Gasteiger partial charge is 0.382 e. The summed E-state index contributed by atoms with van der Waals surface area (Å²) in [5.74, 6) is -0.364. The zero-order valence-corrected chi connectivity index (χ0v) is 17.5. The van der Waals surface area contributed by atoms with E-state index in [9.17, 15) is 9.18 Å². The van der Waals surface area contributed by atoms with Crippen molar-refractivity contribution >= 4 is 17.4 Å². The van der Waals surface area contributed by atoms with E-state index < -0.39 is 11.6 Å². The van der Waals surface area contributed by atoms with E-state index in [0.29, 0.717) is 12.1 Å². The molecule has 0 radical (unpaired) electrons. The number of ether oxygens (including phenoxy) is 1. The molecule has 1 heterocycles. The van der Waals surface area contributed by atoms with E-state index >= 15 is 0 Å². The van der Waals surface area contributed by atoms with Gasteiger partial charge in [-0.15, -0.1) is 0 Å². The molecule has 0 spiro atoms. The standard InChI is InChI=1S/C25H24FN3O2/c1-18-8-10-20(11-9-18)25(17-31-2)16-23(19-6-4-3-5-7-19)28-29(25)24(30)27-22-14-12-21(26)13-15-22/h3-15H,16-17H2,1-2H3,(H,27,30). The Hall–Kier alpha value is -3.51. The van der Waals surface area contributed by atoms with E-state index in [0.717, 1.165) is 22.4 Å². The quantitative estimate of drug-likeness (QED) is 0.611. The molecule has 0 aromatic heterocycles. The summed E-state index contributed by atoms with van der Waals surface area (Å²) in [6, 6.07) is 23.1. The van der Waals surface area contributed by atoms with Crippen molar-refractivity contribution in [2.45, 2.75) is 18.9 Å². The van der Waals surface area contributed by atoms with Gasteiger partial charge in [0.2, 0.25) is 0 Å². The van der Waals surface area contributed by atoms with Crippen molar-refractivity contribution in [1.29, 1.82) is 0 Å². The maximum atomic E-state index is 13.4. The number of urea groups is 1. The first kappa shape index (κ1) is 20.8. The van der Waals surface area contributed by atoms with E-state index in [1.54, 1.807) is 7.11 Å². The number of benzene rings is 3. The van der Waals surface area contributed by atoms with Gasteiger partial charge in [0.25, 0.3) is 0 Å². The van der Waals surface area contributed by atoms with Crippen LogP contribution < -0.4 is 5.32 Å². The Balaban J connectivity index is 1.76. The molecule has 2 amide bonds. The van der Waals surface area contributed by atoms with Gasteiger partial charge in [0.15, 0.2) is 0 Å². The normalized spacial score (nSPS) is 18.0. The monoisotopic (exact) mass is 417 g/mol. The van der Waals surface area contributed by atoms with Gasteiger partial charge in [0.1, 0.15) is 11.4 Å². The minimum Gasteiger partial charge on any atom is -0.382 e. The van der Waals surface area contributed by atoms with Crippen LogP contribution in [0.5, 0.6) is 0 Å². The summed E-state index contributed by atoms with van der Waals surface area (Å²) in [6.07, 6.45) is 0.505. The molecule has 0 fully saturated rings. The molecular weight excluding hydrogens is 393 g/mol. The van der Waals surface area contributed by atoms with Gasteiger partial charge in [-0.1, -0.05) is 60.2 Å². The van der Waals surface area contributed by atoms with Crippen molar-refractivity contribution in [3.63, 3.8) is 0 Å². The Morgan fingerprint density at radius 3 is 2.39 bits per heavy atom. The fraction of sp³-hybridized carbons (Fsp3) is 0.200. The molecule has 1 atom stereocenters. The third-order valence-corrected chi connectivity index (χ3v) is 5.45. The highest BCUT2D eigenvalue weighted by atomic mass is 19.1. The number of nitrogens with one attached hydrogen (secondary N) is 1. The molecule has 0 saturated carbocycles. The third kappa shape index (κ3) is 4.20. The van der Waals surface area contributed by atoms with Gasteiger partial charge in [0, 0.05) is 19.2 Å². The van der Waals surface area contributed by atoms with Crippen molar-refractivity contribution in [3.05, 3.63) is 101 Å². The molecule has 5 nitrogen and oxygen atoms in total. The predicted octanol–water partition coefficient (Wildman–Crippen LogP) is 5.32. The van der Waals surface area contributed by atoms with Gasteiger partial charge in [-0.2, -0.15) is 5.10 Å². The van der Waals surface area contributed by atoms with Crippen LogP contribution in [-0.2, 0) is 10.3 Å². The van der Waals surface area contributed by atoms with E-state index in [2.05, 4.69) is 5.32 Å². The first-order valence-corrected chi connectivity index (χ1v) is 10.1. The average molecular weight is 417 g/mol. The second-order valence-corrected chi connectivity index (χ2v) is 7.67. The summed E-state index contributed by atoms with van der Waals surface area (Å²) in [5.41, 5.74) is 3.49. The topological polar surface area (TPSA) is 53.9 Å². The number of carbonyl (C=O) groups excluding carboxylic acids is 1. The molecule has 1 N–H and O–H groups in total. The summed E-state index contributed by atoms with van der Waals surface area (Å²) < 4.78 is 18.9. The highest BCUT2D eigenvalue weighted by Gasteiger charge is 2.48. The fourth-order valence-corrected chi connectivity index (χ4v) is 3.87. The molecule has 0 aliphatic carbocycles. The average Bonchev–Trinajstić information content (AvgIpc) is 3.17. The van der Waals surface area contributed by atoms with Gasteiger partial charge < -0.3 is 10.1 Å². The molecule has 1 unspecified atom stereocenters. The number of halogens is 1. The number of aryl methyl sites for hydroxylation is 1. The minimum absolute atomic E-state index is 0.271. The van der Waals surface area contributed by atoms with Gasteiger partial charge in [0.05, 0.1) is 12.3 Å². The molecule has 1 aliphatic heterocycles. The van der Waals surface area contributed by atoms with Gasteiger partial charge >= 0.3 is 6.03 Å². The van der Waals surface area contributed by atoms with Crippen LogP contribution in [0.15, 0.2) is 84.0 Å². The molecule has 3 aromatic carbocycles. The summed E-state index contributed by atoms with van der Waals surface area (Å²) in [6.45, 7) is 2.29. The Kier molecular flexibility index (Phi) is 5.82. The van der Waals surface area contributed by atoms with Gasteiger partial charge in [-0.25, -0.2) is 14.2 Å². The zero-order valence-electron chi connectivity index (χ0n) is 17.5. The van der Waals surface area contributed by atoms with E-state index in [1.165, 1.54) is 29.3 Å². The number of methoxy groups -OCH3 is 1. The number of anilines is 1. The number of amides is 2. The third-order valence-electron chi connectivity index (χ3n) is 5.45. The summed E-state index contributed by atoms with van der Waals surface area (Å²) in [4.78, 5) is 13.4. The SMILES string of the molecule is COCC1(c2ccc(C)cc2)CC(c2ccccc2)=NN1C(=O)Nc1ccc(F)cc1. The van der Waals surface area contributed by atoms with E-state index in [4.69, 9.17) is 9.84 Å². The Morgan fingerprint density at radius 1 is 1.06 bits per heavy atom. The van der Waals surface area contributed by atoms with Crippen LogP contribution in [0.4, 0.5) is 14.9 Å². The lowest BCUT2D eigenvalue weighted by Gasteiger charge is -2.36. The number of nitrogens with zero attached hydrogens (tertiary/aromatic N) is 2. The highest BCUT2D eigenvalue weighted by molar-refractivity contribution is 6.04. The number of hydrazone groups is 1. The molecule has 0 bridgehead atoms. The zero-order chi connectivity index (χ0) is 21.8. The Labute approximate surface area is 181 Å². The van der Waals surface area contributed by atoms with Crippen LogP contribution in [0.25, 0.3) is 0 Å². The van der Waals surface area contributed by atoms with Crippen molar-refractivity contribution in [2.75, 3.05) is 19.0 Å². The van der Waals surface area contributed by atoms with Crippen LogP contribution >= 0.6 is 0 Å². The van der Waals surface area contributed by atoms with Crippen LogP contribution in [0.3, 0.4) is 0 Å². The number of rotatable bonds is 5. The predicted molar refractivity (Wildman–Crippen MR) is 120 cm³/mol. The van der Waals surface area contributed by atoms with Crippen molar-refractivity contribution in [2.24, 2.45) is 5.10 Å². The van der Waals surface area contributed by atoms with E-state index in [-0.39, 0.29) is 12.4 Å². The first-order valence-electron chi connectivity index (χ1n) is 10.1. The van der Waals surface area contributed by atoms with Crippen molar-refractivity contribution < 1.29 is 13.9 Å². The molecule has 3 aromatic rings. The van der Waals surface area contributed by atoms with Crippen LogP contribution in [-0.4, -0.2) is 30.5 Å². The molecule has 0 saturated heterocycles. The highest BCUT2D eigenvalue weighted by Crippen LogP contribution is 2.40. The van der Waals surface area contributed by atoms with Gasteiger partial charge in [-0.05, 0) is 42.3 Å². The molecular formula is C25H24FN3O2. The molecule has 1 aliphatic rings. The molecule has 4 rings (SSSR count). The van der Waals surface area contributed by atoms with Gasteiger partial charge in [-0.3, -0.25) is 0 Å². The van der Waals surface area contributed by atoms with Crippen LogP contribution in [0.1, 0.15) is 23.1 Å². The molecule has 31 heavy (non-hydrogen) atoms. The lowest BCUT2D eigenvalue weighted by molar-refractivity contribution is 0.0500. The maximum absolute atomic E-state index is 13.4. The summed E-state index contributed by atoms with van der Waals surface area (Å²) >= 11 is 0. The Morgan fingerprint density at radius 2 is 1.74 bits per heavy atom. The second kappa shape index (κ2) is 8.70. The second-order valence-electron chi connectivity index (χ2n) is 7.67. The summed E-state index contributed by atoms with van der Waals surface area (Å²) in [5, 5.41) is 9.03. The van der Waals surface area contributed by atoms with Crippen LogP contribution in [0.2, 0.25) is 0 Å². The smallest absolute Gasteiger partial charge is 0.343 e. The number of carbonyl (C=O) groups is 1. The number of hydrogen-bond donors (Lipinski definition) is 1. The Bertz CT molecular complexity index is 1080.